The molecule has 1 aliphatic heterocycles. The van der Waals surface area contributed by atoms with E-state index in [9.17, 15) is 4.79 Å². The second-order valence-electron chi connectivity index (χ2n) is 5.54. The highest BCUT2D eigenvalue weighted by Gasteiger charge is 2.30. The van der Waals surface area contributed by atoms with Gasteiger partial charge in [-0.3, -0.25) is 0 Å². The topological polar surface area (TPSA) is 20.3 Å². The smallest absolute Gasteiger partial charge is 0.131 e. The summed E-state index contributed by atoms with van der Waals surface area (Å²) in [5.41, 5.74) is 0.734. The molecule has 1 fully saturated rings. The maximum Gasteiger partial charge on any atom is 0.131 e. The minimum absolute atomic E-state index is 0.387. The summed E-state index contributed by atoms with van der Waals surface area (Å²) in [6.07, 6.45) is 2.33. The van der Waals surface area contributed by atoms with Gasteiger partial charge in [-0.1, -0.05) is 37.3 Å². The Balaban J connectivity index is 2.08. The second kappa shape index (κ2) is 6.58. The molecule has 0 N–H and O–H groups in total. The molecule has 1 aliphatic rings. The number of carbonyl (C=O) groups is 1. The third kappa shape index (κ3) is 3.61. The van der Waals surface area contributed by atoms with Crippen LogP contribution in [0.1, 0.15) is 25.8 Å². The van der Waals surface area contributed by atoms with Gasteiger partial charge in [0.25, 0.3) is 0 Å². The monoisotopic (exact) mass is 277 g/mol. The molecule has 0 saturated carbocycles. The number of hydrogen-bond acceptors (Lipinski definition) is 3. The molecule has 3 heteroatoms. The lowest BCUT2D eigenvalue weighted by Gasteiger charge is -2.37. The van der Waals surface area contributed by atoms with Gasteiger partial charge in [0, 0.05) is 30.6 Å². The van der Waals surface area contributed by atoms with Gasteiger partial charge in [-0.15, -0.1) is 0 Å². The molecule has 104 valence electrons. The summed E-state index contributed by atoms with van der Waals surface area (Å²) >= 11 is 2.07. The molecule has 0 bridgehead atoms. The number of nitrogens with zero attached hydrogens (tertiary/aromatic N) is 1. The van der Waals surface area contributed by atoms with E-state index in [1.165, 1.54) is 12.2 Å². The second-order valence-corrected chi connectivity index (χ2v) is 6.95. The van der Waals surface area contributed by atoms with Gasteiger partial charge < -0.3 is 9.69 Å². The standard InChI is InChI=1S/C16H23NOS/c1-3-15-11-17(9-10-19-15)12-16(2,13-18)14-7-5-4-6-8-14/h4-8,13,15H,3,9-12H2,1-2H3. The van der Waals surface area contributed by atoms with Gasteiger partial charge in [-0.2, -0.15) is 11.8 Å². The number of hydrogen-bond donors (Lipinski definition) is 0. The molecular weight excluding hydrogens is 254 g/mol. The van der Waals surface area contributed by atoms with Crippen LogP contribution in [0, 0.1) is 0 Å². The molecule has 1 saturated heterocycles. The van der Waals surface area contributed by atoms with Gasteiger partial charge in [0.2, 0.25) is 0 Å². The lowest BCUT2D eigenvalue weighted by molar-refractivity contribution is -0.112. The summed E-state index contributed by atoms with van der Waals surface area (Å²) < 4.78 is 0. The number of thioether (sulfide) groups is 1. The van der Waals surface area contributed by atoms with E-state index in [0.29, 0.717) is 0 Å². The predicted molar refractivity (Wildman–Crippen MR) is 82.8 cm³/mol. The largest absolute Gasteiger partial charge is 0.302 e. The van der Waals surface area contributed by atoms with E-state index in [1.807, 2.05) is 18.2 Å². The molecule has 1 aromatic carbocycles. The van der Waals surface area contributed by atoms with Crippen LogP contribution in [0.4, 0.5) is 0 Å². The van der Waals surface area contributed by atoms with E-state index < -0.39 is 0 Å². The fourth-order valence-electron chi connectivity index (χ4n) is 2.65. The maximum absolute atomic E-state index is 11.6. The van der Waals surface area contributed by atoms with Gasteiger partial charge in [0.05, 0.1) is 5.41 Å². The average Bonchev–Trinajstić information content (AvgIpc) is 2.48. The third-order valence-corrected chi connectivity index (χ3v) is 5.30. The molecule has 2 nitrogen and oxygen atoms in total. The lowest BCUT2D eigenvalue weighted by atomic mass is 9.83. The van der Waals surface area contributed by atoms with Crippen LogP contribution in [-0.2, 0) is 10.2 Å². The van der Waals surface area contributed by atoms with Crippen molar-refractivity contribution in [3.8, 4) is 0 Å². The average molecular weight is 277 g/mol. The Kier molecular flexibility index (Phi) is 5.06. The predicted octanol–water partition coefficient (Wildman–Crippen LogP) is 2.97. The van der Waals surface area contributed by atoms with Crippen molar-refractivity contribution in [2.75, 3.05) is 25.4 Å². The molecule has 1 heterocycles. The first-order valence-electron chi connectivity index (χ1n) is 7.04. The highest BCUT2D eigenvalue weighted by molar-refractivity contribution is 8.00. The Morgan fingerprint density at radius 1 is 1.42 bits per heavy atom. The fourth-order valence-corrected chi connectivity index (χ4v) is 3.90. The minimum atomic E-state index is -0.387. The van der Waals surface area contributed by atoms with E-state index in [1.54, 1.807) is 0 Å². The minimum Gasteiger partial charge on any atom is -0.302 e. The number of rotatable bonds is 5. The summed E-state index contributed by atoms with van der Waals surface area (Å²) in [6, 6.07) is 10.1. The van der Waals surface area contributed by atoms with Crippen molar-refractivity contribution < 1.29 is 4.79 Å². The van der Waals surface area contributed by atoms with Crippen LogP contribution in [0.15, 0.2) is 30.3 Å². The molecule has 19 heavy (non-hydrogen) atoms. The van der Waals surface area contributed by atoms with Crippen molar-refractivity contribution in [1.29, 1.82) is 0 Å². The van der Waals surface area contributed by atoms with Gasteiger partial charge in [-0.25, -0.2) is 0 Å². The fraction of sp³-hybridized carbons (Fsp3) is 0.562. The molecule has 0 aromatic heterocycles. The third-order valence-electron chi connectivity index (χ3n) is 3.92. The van der Waals surface area contributed by atoms with Crippen LogP contribution in [0.25, 0.3) is 0 Å². The molecular formula is C16H23NOS. The Hall–Kier alpha value is -0.800. The van der Waals surface area contributed by atoms with Crippen LogP contribution in [0.2, 0.25) is 0 Å². The number of aldehydes is 1. The SMILES string of the molecule is CCC1CN(CC(C)(C=O)c2ccccc2)CCS1. The zero-order chi connectivity index (χ0) is 13.7. The molecule has 2 rings (SSSR count). The van der Waals surface area contributed by atoms with Gasteiger partial charge >= 0.3 is 0 Å². The Morgan fingerprint density at radius 2 is 2.16 bits per heavy atom. The van der Waals surface area contributed by atoms with Crippen molar-refractivity contribution in [1.82, 2.24) is 4.90 Å². The first-order valence-corrected chi connectivity index (χ1v) is 8.08. The Morgan fingerprint density at radius 3 is 2.79 bits per heavy atom. The first-order chi connectivity index (χ1) is 9.18. The van der Waals surface area contributed by atoms with E-state index in [0.717, 1.165) is 36.7 Å². The molecule has 0 radical (unpaired) electrons. The van der Waals surface area contributed by atoms with E-state index in [4.69, 9.17) is 0 Å². The highest BCUT2D eigenvalue weighted by atomic mass is 32.2. The van der Waals surface area contributed by atoms with E-state index >= 15 is 0 Å². The van der Waals surface area contributed by atoms with Crippen molar-refractivity contribution >= 4 is 18.0 Å². The van der Waals surface area contributed by atoms with Gasteiger partial charge in [0.15, 0.2) is 0 Å². The van der Waals surface area contributed by atoms with Crippen molar-refractivity contribution in [2.24, 2.45) is 0 Å². The first kappa shape index (κ1) is 14.6. The molecule has 2 unspecified atom stereocenters. The van der Waals surface area contributed by atoms with Crippen LogP contribution in [0.5, 0.6) is 0 Å². The van der Waals surface area contributed by atoms with Crippen molar-refractivity contribution in [3.63, 3.8) is 0 Å². The molecule has 0 aliphatic carbocycles. The van der Waals surface area contributed by atoms with E-state index in [-0.39, 0.29) is 5.41 Å². The van der Waals surface area contributed by atoms with Crippen LogP contribution >= 0.6 is 11.8 Å². The summed E-state index contributed by atoms with van der Waals surface area (Å²) in [7, 11) is 0. The number of carbonyl (C=O) groups excluding carboxylic acids is 1. The zero-order valence-corrected chi connectivity index (χ0v) is 12.7. The van der Waals surface area contributed by atoms with Gasteiger partial charge in [-0.05, 0) is 18.9 Å². The van der Waals surface area contributed by atoms with E-state index in [2.05, 4.69) is 42.6 Å². The maximum atomic E-state index is 11.6. The quantitative estimate of drug-likeness (QED) is 0.772. The van der Waals surface area contributed by atoms with Crippen LogP contribution < -0.4 is 0 Å². The normalized spacial score (nSPS) is 23.8. The molecule has 0 amide bonds. The van der Waals surface area contributed by atoms with Crippen LogP contribution in [0.3, 0.4) is 0 Å². The molecule has 0 spiro atoms. The summed E-state index contributed by atoms with van der Waals surface area (Å²) in [4.78, 5) is 14.1. The highest BCUT2D eigenvalue weighted by Crippen LogP contribution is 2.27. The lowest BCUT2D eigenvalue weighted by Crippen LogP contribution is -2.46. The Bertz CT molecular complexity index is 408. The van der Waals surface area contributed by atoms with Gasteiger partial charge in [0.1, 0.15) is 6.29 Å². The summed E-state index contributed by atoms with van der Waals surface area (Å²) in [6.45, 7) is 7.34. The zero-order valence-electron chi connectivity index (χ0n) is 11.8. The van der Waals surface area contributed by atoms with Crippen LogP contribution in [-0.4, -0.2) is 41.8 Å². The summed E-state index contributed by atoms with van der Waals surface area (Å²) in [5, 5.41) is 0.723. The van der Waals surface area contributed by atoms with Crippen molar-refractivity contribution in [3.05, 3.63) is 35.9 Å². The summed E-state index contributed by atoms with van der Waals surface area (Å²) in [5.74, 6) is 1.18. The molecule has 1 aromatic rings. The Labute approximate surface area is 120 Å². The van der Waals surface area contributed by atoms with Crippen molar-refractivity contribution in [2.45, 2.75) is 30.9 Å². The molecule has 2 atom stereocenters. The number of benzene rings is 1.